The second-order valence-electron chi connectivity index (χ2n) is 3.30. The molecule has 2 rings (SSSR count). The largest absolute Gasteiger partial charge is 0.364 e. The average molecular weight is 265 g/mol. The molecule has 3 N–H and O–H groups in total. The second kappa shape index (κ2) is 5.11. The Hall–Kier alpha value is -1.66. The minimum atomic E-state index is -0.194. The maximum absolute atomic E-state index is 11.9. The van der Waals surface area contributed by atoms with E-state index in [0.29, 0.717) is 10.7 Å². The van der Waals surface area contributed by atoms with Gasteiger partial charge in [-0.25, -0.2) is 0 Å². The van der Waals surface area contributed by atoms with Crippen LogP contribution in [-0.2, 0) is 0 Å². The van der Waals surface area contributed by atoms with Crippen LogP contribution in [0.5, 0.6) is 0 Å². The van der Waals surface area contributed by atoms with Crippen molar-refractivity contribution in [1.82, 2.24) is 16.2 Å². The summed E-state index contributed by atoms with van der Waals surface area (Å²) in [5.41, 5.74) is 5.80. The first-order valence-corrected chi connectivity index (χ1v) is 6.25. The van der Waals surface area contributed by atoms with Crippen molar-refractivity contribution in [2.45, 2.75) is 0 Å². The summed E-state index contributed by atoms with van der Waals surface area (Å²) in [6.45, 7) is 0. The lowest BCUT2D eigenvalue weighted by atomic mass is 10.2. The van der Waals surface area contributed by atoms with Crippen molar-refractivity contribution in [2.75, 3.05) is 7.05 Å². The van der Waals surface area contributed by atoms with Gasteiger partial charge in [-0.05, 0) is 18.3 Å². The summed E-state index contributed by atoms with van der Waals surface area (Å²) < 4.78 is 1.09. The lowest BCUT2D eigenvalue weighted by molar-refractivity contribution is 0.0946. The Morgan fingerprint density at radius 3 is 2.82 bits per heavy atom. The molecule has 0 aliphatic rings. The maximum atomic E-state index is 11.9. The number of thiophene rings is 1. The fraction of sp³-hybridized carbons (Fsp3) is 0.0909. The Morgan fingerprint density at radius 1 is 1.29 bits per heavy atom. The molecule has 0 spiro atoms. The number of benzene rings is 1. The zero-order chi connectivity index (χ0) is 12.3. The van der Waals surface area contributed by atoms with Crippen LogP contribution in [0.1, 0.15) is 10.4 Å². The average Bonchev–Trinajstić information content (AvgIpc) is 2.79. The van der Waals surface area contributed by atoms with Gasteiger partial charge in [0.1, 0.15) is 0 Å². The Kier molecular flexibility index (Phi) is 3.55. The highest BCUT2D eigenvalue weighted by molar-refractivity contribution is 7.80. The summed E-state index contributed by atoms with van der Waals surface area (Å²) in [5.74, 6) is -0.194. The molecule has 88 valence electrons. The van der Waals surface area contributed by atoms with Gasteiger partial charge in [0.05, 0.1) is 5.56 Å². The molecule has 0 bridgehead atoms. The zero-order valence-corrected chi connectivity index (χ0v) is 10.7. The molecule has 2 aromatic rings. The monoisotopic (exact) mass is 265 g/mol. The summed E-state index contributed by atoms with van der Waals surface area (Å²) in [5, 5.41) is 5.87. The van der Waals surface area contributed by atoms with Gasteiger partial charge < -0.3 is 5.32 Å². The van der Waals surface area contributed by atoms with Crippen LogP contribution in [0.15, 0.2) is 29.6 Å². The number of hydrogen-bond acceptors (Lipinski definition) is 3. The predicted octanol–water partition coefficient (Wildman–Crippen LogP) is 1.64. The molecule has 0 aliphatic heterocycles. The van der Waals surface area contributed by atoms with Gasteiger partial charge in [-0.2, -0.15) is 0 Å². The molecule has 0 aliphatic carbocycles. The van der Waals surface area contributed by atoms with E-state index in [1.165, 1.54) is 0 Å². The van der Waals surface area contributed by atoms with Gasteiger partial charge in [0.25, 0.3) is 5.91 Å². The van der Waals surface area contributed by atoms with Gasteiger partial charge in [0.15, 0.2) is 5.11 Å². The number of rotatable bonds is 1. The highest BCUT2D eigenvalue weighted by Gasteiger charge is 2.11. The van der Waals surface area contributed by atoms with Gasteiger partial charge in [-0.3, -0.25) is 15.6 Å². The van der Waals surface area contributed by atoms with E-state index in [9.17, 15) is 4.79 Å². The lowest BCUT2D eigenvalue weighted by Gasteiger charge is -2.07. The minimum absolute atomic E-state index is 0.194. The highest BCUT2D eigenvalue weighted by atomic mass is 32.1. The Balaban J connectivity index is 2.17. The maximum Gasteiger partial charge on any atom is 0.271 e. The van der Waals surface area contributed by atoms with Crippen molar-refractivity contribution in [3.05, 3.63) is 35.2 Å². The van der Waals surface area contributed by atoms with Crippen LogP contribution >= 0.6 is 23.6 Å². The van der Waals surface area contributed by atoms with Crippen LogP contribution < -0.4 is 16.2 Å². The number of carbonyl (C=O) groups excluding carboxylic acids is 1. The van der Waals surface area contributed by atoms with Gasteiger partial charge in [0.2, 0.25) is 0 Å². The molecule has 0 radical (unpaired) electrons. The molecule has 0 saturated heterocycles. The van der Waals surface area contributed by atoms with Gasteiger partial charge >= 0.3 is 0 Å². The molecule has 17 heavy (non-hydrogen) atoms. The normalized spacial score (nSPS) is 9.94. The lowest BCUT2D eigenvalue weighted by Crippen LogP contribution is -2.45. The number of nitrogens with one attached hydrogen (secondary N) is 3. The van der Waals surface area contributed by atoms with Crippen molar-refractivity contribution in [1.29, 1.82) is 0 Å². The Bertz CT molecular complexity index is 565. The van der Waals surface area contributed by atoms with E-state index >= 15 is 0 Å². The third-order valence-corrected chi connectivity index (χ3v) is 3.51. The van der Waals surface area contributed by atoms with Crippen molar-refractivity contribution < 1.29 is 4.79 Å². The first-order chi connectivity index (χ1) is 8.22. The molecule has 0 atom stereocenters. The predicted molar refractivity (Wildman–Crippen MR) is 74.1 cm³/mol. The molecular weight excluding hydrogens is 254 g/mol. The first-order valence-electron chi connectivity index (χ1n) is 4.96. The topological polar surface area (TPSA) is 53.2 Å². The second-order valence-corrected chi connectivity index (χ2v) is 4.62. The SMILES string of the molecule is CNC(=S)NNC(=O)c1csc2ccccc12. The van der Waals surface area contributed by atoms with E-state index in [2.05, 4.69) is 16.2 Å². The summed E-state index contributed by atoms with van der Waals surface area (Å²) in [6, 6.07) is 7.78. The van der Waals surface area contributed by atoms with Crippen molar-refractivity contribution in [3.63, 3.8) is 0 Å². The van der Waals surface area contributed by atoms with Crippen molar-refractivity contribution in [3.8, 4) is 0 Å². The van der Waals surface area contributed by atoms with Crippen LogP contribution in [0.25, 0.3) is 10.1 Å². The number of thiocarbonyl (C=S) groups is 1. The number of amides is 1. The fourth-order valence-corrected chi connectivity index (χ4v) is 2.39. The van der Waals surface area contributed by atoms with E-state index in [4.69, 9.17) is 12.2 Å². The van der Waals surface area contributed by atoms with E-state index < -0.39 is 0 Å². The number of hydrazine groups is 1. The van der Waals surface area contributed by atoms with Crippen LogP contribution in [0.2, 0.25) is 0 Å². The molecular formula is C11H11N3OS2. The summed E-state index contributed by atoms with van der Waals surface area (Å²) in [6.07, 6.45) is 0. The molecule has 0 saturated carbocycles. The Morgan fingerprint density at radius 2 is 2.06 bits per heavy atom. The van der Waals surface area contributed by atoms with Crippen molar-refractivity contribution >= 4 is 44.7 Å². The van der Waals surface area contributed by atoms with Crippen LogP contribution in [0.4, 0.5) is 0 Å². The van der Waals surface area contributed by atoms with E-state index in [1.807, 2.05) is 29.6 Å². The van der Waals surface area contributed by atoms with Gasteiger partial charge in [-0.15, -0.1) is 11.3 Å². The van der Waals surface area contributed by atoms with Crippen LogP contribution in [-0.4, -0.2) is 18.1 Å². The summed E-state index contributed by atoms with van der Waals surface area (Å²) >= 11 is 6.41. The van der Waals surface area contributed by atoms with E-state index in [0.717, 1.165) is 10.1 Å². The van der Waals surface area contributed by atoms with E-state index in [-0.39, 0.29) is 5.91 Å². The molecule has 6 heteroatoms. The summed E-state index contributed by atoms with van der Waals surface area (Å²) in [7, 11) is 1.68. The molecule has 0 fully saturated rings. The first kappa shape index (κ1) is 11.8. The zero-order valence-electron chi connectivity index (χ0n) is 9.11. The summed E-state index contributed by atoms with van der Waals surface area (Å²) in [4.78, 5) is 11.9. The van der Waals surface area contributed by atoms with E-state index in [1.54, 1.807) is 18.4 Å². The smallest absolute Gasteiger partial charge is 0.271 e. The molecule has 1 amide bonds. The standard InChI is InChI=1S/C11H11N3OS2/c1-12-11(16)14-13-10(15)8-6-17-9-5-3-2-4-7(8)9/h2-6H,1H3,(H,13,15)(H2,12,14,16). The molecule has 4 nitrogen and oxygen atoms in total. The molecule has 1 aromatic heterocycles. The van der Waals surface area contributed by atoms with Crippen LogP contribution in [0.3, 0.4) is 0 Å². The quantitative estimate of drug-likeness (QED) is 0.542. The van der Waals surface area contributed by atoms with Gasteiger partial charge in [-0.1, -0.05) is 18.2 Å². The fourth-order valence-electron chi connectivity index (χ4n) is 1.40. The molecule has 0 unspecified atom stereocenters. The van der Waals surface area contributed by atoms with Crippen LogP contribution in [0, 0.1) is 0 Å². The van der Waals surface area contributed by atoms with Gasteiger partial charge in [0, 0.05) is 22.5 Å². The molecule has 1 aromatic carbocycles. The minimum Gasteiger partial charge on any atom is -0.364 e. The highest BCUT2D eigenvalue weighted by Crippen LogP contribution is 2.25. The molecule has 1 heterocycles. The number of hydrogen-bond donors (Lipinski definition) is 3. The Labute approximate surface area is 108 Å². The number of carbonyl (C=O) groups is 1. The third kappa shape index (κ3) is 2.54. The number of fused-ring (bicyclic) bond motifs is 1. The van der Waals surface area contributed by atoms with Crippen molar-refractivity contribution in [2.24, 2.45) is 0 Å². The third-order valence-electron chi connectivity index (χ3n) is 2.24.